The van der Waals surface area contributed by atoms with Crippen LogP contribution >= 0.6 is 0 Å². The van der Waals surface area contributed by atoms with E-state index in [4.69, 9.17) is 13.3 Å². The molecule has 0 aliphatic carbocycles. The highest BCUT2D eigenvalue weighted by atomic mass is 28.4. The van der Waals surface area contributed by atoms with Gasteiger partial charge in [-0.2, -0.15) is 0 Å². The summed E-state index contributed by atoms with van der Waals surface area (Å²) in [5.41, 5.74) is 0.145. The molecule has 9 heteroatoms. The van der Waals surface area contributed by atoms with Crippen LogP contribution in [0, 0.1) is 0 Å². The third-order valence-corrected chi connectivity index (χ3v) is 28.9. The van der Waals surface area contributed by atoms with Crippen LogP contribution in [0.2, 0.25) is 72.5 Å². The number of carbonyl (C=O) groups excluding carboxylic acids is 1. The Kier molecular flexibility index (Phi) is 11.6. The molecule has 0 bridgehead atoms. The number of rotatable bonds is 10. The van der Waals surface area contributed by atoms with Gasteiger partial charge in [0.2, 0.25) is 0 Å². The molecule has 0 aliphatic rings. The van der Waals surface area contributed by atoms with Crippen LogP contribution in [-0.2, 0) is 15.6 Å². The topological polar surface area (TPSA) is 56.8 Å². The smallest absolute Gasteiger partial charge is 0.312 e. The van der Waals surface area contributed by atoms with Crippen molar-refractivity contribution in [1.82, 2.24) is 4.98 Å². The van der Waals surface area contributed by atoms with Gasteiger partial charge in [-0.25, -0.2) is 0 Å². The lowest BCUT2D eigenvalue weighted by Gasteiger charge is -2.46. The second-order valence-corrected chi connectivity index (χ2v) is 38.3. The largest absolute Gasteiger partial charge is 0.541 e. The summed E-state index contributed by atoms with van der Waals surface area (Å²) in [6.07, 6.45) is 0.501. The Morgan fingerprint density at radius 3 is 1.37 bits per heavy atom. The predicted molar refractivity (Wildman–Crippen MR) is 198 cm³/mol. The average Bonchev–Trinajstić information content (AvgIpc) is 2.71. The van der Waals surface area contributed by atoms with Crippen LogP contribution in [0.5, 0.6) is 11.5 Å². The molecule has 0 radical (unpaired) electrons. The van der Waals surface area contributed by atoms with Crippen molar-refractivity contribution in [3.8, 4) is 11.5 Å². The van der Waals surface area contributed by atoms with Gasteiger partial charge in [-0.15, -0.1) is 0 Å². The highest BCUT2D eigenvalue weighted by Gasteiger charge is 2.49. The summed E-state index contributed by atoms with van der Waals surface area (Å²) < 4.78 is 20.3. The van der Waals surface area contributed by atoms with Crippen molar-refractivity contribution in [3.05, 3.63) is 23.8 Å². The number of carbonyl (C=O) groups is 1. The summed E-state index contributed by atoms with van der Waals surface area (Å²) in [5, 5.41) is 0.0537. The van der Waals surface area contributed by atoms with Crippen molar-refractivity contribution in [2.75, 3.05) is 0 Å². The molecule has 1 unspecified atom stereocenters. The van der Waals surface area contributed by atoms with Crippen molar-refractivity contribution in [2.45, 2.75) is 174 Å². The average molecular weight is 668 g/mol. The summed E-state index contributed by atoms with van der Waals surface area (Å²) in [5.74, 6) is 1.45. The van der Waals surface area contributed by atoms with Crippen LogP contribution in [0.4, 0.5) is 0 Å². The van der Waals surface area contributed by atoms with Gasteiger partial charge in [0.15, 0.2) is 0 Å². The van der Waals surface area contributed by atoms with Crippen molar-refractivity contribution in [3.63, 3.8) is 0 Å². The molecule has 1 aromatic carbocycles. The van der Waals surface area contributed by atoms with Gasteiger partial charge in [-0.05, 0) is 84.1 Å². The van der Waals surface area contributed by atoms with E-state index in [1.165, 1.54) is 0 Å². The molecule has 0 aromatic heterocycles. The van der Waals surface area contributed by atoms with Gasteiger partial charge in [0, 0.05) is 6.42 Å². The molecule has 1 atom stereocenters. The zero-order valence-electron chi connectivity index (χ0n) is 32.1. The predicted octanol–water partition coefficient (Wildman–Crippen LogP) is 10.9. The molecular weight excluding hydrogens is 599 g/mol. The minimum Gasteiger partial charge on any atom is -0.541 e. The van der Waals surface area contributed by atoms with Gasteiger partial charge >= 0.3 is 5.97 Å². The molecule has 250 valence electrons. The van der Waals surface area contributed by atoms with E-state index in [-0.39, 0.29) is 26.1 Å². The number of hydrogen-bond acceptors (Lipinski definition) is 5. The van der Waals surface area contributed by atoms with Crippen LogP contribution in [0.15, 0.2) is 18.2 Å². The first-order valence-electron chi connectivity index (χ1n) is 16.1. The summed E-state index contributed by atoms with van der Waals surface area (Å²) in [6.45, 7) is 46.9. The van der Waals surface area contributed by atoms with E-state index in [9.17, 15) is 4.79 Å². The Bertz CT molecular complexity index is 1130. The summed E-state index contributed by atoms with van der Waals surface area (Å²) in [6, 6.07) is 6.32. The lowest BCUT2D eigenvalue weighted by Crippen LogP contribution is -2.66. The summed E-state index contributed by atoms with van der Waals surface area (Å²) >= 11 is 0. The third kappa shape index (κ3) is 9.80. The minimum atomic E-state index is -2.34. The van der Waals surface area contributed by atoms with E-state index >= 15 is 0 Å². The van der Waals surface area contributed by atoms with E-state index in [0.717, 1.165) is 17.1 Å². The first kappa shape index (κ1) is 40.1. The lowest BCUT2D eigenvalue weighted by atomic mass is 9.94. The molecule has 43 heavy (non-hydrogen) atoms. The molecule has 0 saturated heterocycles. The maximum absolute atomic E-state index is 14.3. The molecule has 5 nitrogen and oxygen atoms in total. The van der Waals surface area contributed by atoms with E-state index in [1.54, 1.807) is 0 Å². The van der Waals surface area contributed by atoms with Crippen LogP contribution < -0.4 is 13.8 Å². The van der Waals surface area contributed by atoms with E-state index < -0.39 is 38.7 Å². The minimum absolute atomic E-state index is 0.0304. The van der Waals surface area contributed by atoms with Gasteiger partial charge in [-0.3, -0.25) is 4.79 Å². The fourth-order valence-corrected chi connectivity index (χ4v) is 8.61. The quantitative estimate of drug-likeness (QED) is 0.252. The molecule has 0 fully saturated rings. The highest BCUT2D eigenvalue weighted by molar-refractivity contribution is 6.78. The van der Waals surface area contributed by atoms with Gasteiger partial charge < -0.3 is 18.3 Å². The molecule has 0 aliphatic heterocycles. The maximum atomic E-state index is 14.3. The fraction of sp³-hybridized carbons (Fsp3) is 0.794. The summed E-state index contributed by atoms with van der Waals surface area (Å²) in [4.78, 5) is 18.2. The fourth-order valence-electron chi connectivity index (χ4n) is 3.63. The Hall–Kier alpha value is -0.882. The molecule has 0 heterocycles. The SMILES string of the molecule is CC(Cc1ccc(O[Si](C)(C)C(C)(C)C)c(O[Si](C)(C)C(C)(C)C)c1)(N[Si](C)(C)C(C)(C)C)C(=O)O[Si](C)(C)C(C)(C)C. The molecule has 0 amide bonds. The molecular formula is C34H69NO4Si4. The van der Waals surface area contributed by atoms with Gasteiger partial charge in [-0.1, -0.05) is 102 Å². The Balaban J connectivity index is 3.80. The van der Waals surface area contributed by atoms with E-state index in [2.05, 4.69) is 159 Å². The van der Waals surface area contributed by atoms with Crippen molar-refractivity contribution in [2.24, 2.45) is 0 Å². The van der Waals surface area contributed by atoms with Crippen molar-refractivity contribution >= 4 is 39.2 Å². The number of nitrogens with one attached hydrogen (secondary N) is 1. The van der Waals surface area contributed by atoms with E-state index in [0.29, 0.717) is 6.42 Å². The first-order chi connectivity index (χ1) is 18.6. The van der Waals surface area contributed by atoms with Crippen LogP contribution in [-0.4, -0.2) is 44.7 Å². The second kappa shape index (κ2) is 12.4. The Labute approximate surface area is 271 Å². The van der Waals surface area contributed by atoms with Crippen LogP contribution in [0.1, 0.15) is 95.6 Å². The van der Waals surface area contributed by atoms with Gasteiger partial charge in [0.05, 0.1) is 0 Å². The zero-order valence-corrected chi connectivity index (χ0v) is 36.1. The van der Waals surface area contributed by atoms with Gasteiger partial charge in [0.1, 0.15) is 25.3 Å². The Morgan fingerprint density at radius 2 is 1.00 bits per heavy atom. The standard InChI is InChI=1S/C34H69NO4Si4/c1-30(2,3)40(14,15)35-34(13,29(36)39-43(20,21)33(10,11)12)25-26-22-23-27(37-41(16,17)31(4,5)6)28(24-26)38-42(18,19)32(7,8)9/h22-24,35H,25H2,1-21H3. The molecule has 1 rings (SSSR count). The molecule has 0 spiro atoms. The van der Waals surface area contributed by atoms with Crippen LogP contribution in [0.3, 0.4) is 0 Å². The van der Waals surface area contributed by atoms with Crippen molar-refractivity contribution in [1.29, 1.82) is 0 Å². The first-order valence-corrected chi connectivity index (χ1v) is 27.8. The van der Waals surface area contributed by atoms with E-state index in [1.807, 2.05) is 6.92 Å². The van der Waals surface area contributed by atoms with Crippen molar-refractivity contribution < 1.29 is 18.1 Å². The lowest BCUT2D eigenvalue weighted by molar-refractivity contribution is -0.141. The normalized spacial score (nSPS) is 16.0. The number of benzene rings is 1. The Morgan fingerprint density at radius 1 is 0.605 bits per heavy atom. The summed E-state index contributed by atoms with van der Waals surface area (Å²) in [7, 11) is -8.74. The van der Waals surface area contributed by atoms with Crippen LogP contribution in [0.25, 0.3) is 0 Å². The zero-order chi connectivity index (χ0) is 34.5. The molecule has 1 N–H and O–H groups in total. The third-order valence-electron chi connectivity index (χ3n) is 11.0. The highest BCUT2D eigenvalue weighted by Crippen LogP contribution is 2.45. The number of hydrogen-bond donors (Lipinski definition) is 1. The molecule has 0 saturated carbocycles. The maximum Gasteiger partial charge on any atom is 0.312 e. The van der Waals surface area contributed by atoms with Gasteiger partial charge in [0.25, 0.3) is 25.0 Å². The second-order valence-electron chi connectivity index (χ2n) is 19.2. The molecule has 1 aromatic rings. The monoisotopic (exact) mass is 667 g/mol.